The van der Waals surface area contributed by atoms with E-state index >= 15 is 0 Å². The van der Waals surface area contributed by atoms with E-state index in [4.69, 9.17) is 0 Å². The summed E-state index contributed by atoms with van der Waals surface area (Å²) in [6.07, 6.45) is 6.60. The van der Waals surface area contributed by atoms with Gasteiger partial charge in [-0.2, -0.15) is 0 Å². The number of nitrogens with one attached hydrogen (secondary N) is 1. The van der Waals surface area contributed by atoms with E-state index < -0.39 is 5.97 Å². The second-order valence-electron chi connectivity index (χ2n) is 6.10. The summed E-state index contributed by atoms with van der Waals surface area (Å²) in [5.41, 5.74) is 2.72. The molecular formula is C16H21N3O2. The number of carbonyl (C=O) groups is 1. The van der Waals surface area contributed by atoms with Crippen LogP contribution in [0.3, 0.4) is 0 Å². The lowest BCUT2D eigenvalue weighted by Gasteiger charge is -2.29. The average Bonchev–Trinajstić information content (AvgIpc) is 3.06. The van der Waals surface area contributed by atoms with Crippen LogP contribution in [0.5, 0.6) is 0 Å². The molecule has 0 saturated heterocycles. The topological polar surface area (TPSA) is 69.2 Å². The zero-order chi connectivity index (χ0) is 15.0. The van der Waals surface area contributed by atoms with E-state index in [2.05, 4.69) is 29.0 Å². The molecule has 2 N–H and O–H groups in total. The number of aromatic carboxylic acids is 1. The molecule has 0 spiro atoms. The molecule has 2 aromatic rings. The van der Waals surface area contributed by atoms with Gasteiger partial charge in [-0.15, -0.1) is 0 Å². The number of carboxylic acids is 1. The van der Waals surface area contributed by atoms with Crippen molar-refractivity contribution >= 4 is 17.0 Å². The molecule has 1 atom stereocenters. The minimum Gasteiger partial charge on any atom is -0.478 e. The van der Waals surface area contributed by atoms with Crippen molar-refractivity contribution in [3.63, 3.8) is 0 Å². The fraction of sp³-hybridized carbons (Fsp3) is 0.500. The lowest BCUT2D eigenvalue weighted by molar-refractivity contribution is 0.0698. The zero-order valence-corrected chi connectivity index (χ0v) is 12.5. The van der Waals surface area contributed by atoms with Gasteiger partial charge in [0.25, 0.3) is 0 Å². The largest absolute Gasteiger partial charge is 0.478 e. The number of rotatable bonds is 4. The Balaban J connectivity index is 2.06. The Labute approximate surface area is 124 Å². The average molecular weight is 287 g/mol. The van der Waals surface area contributed by atoms with Crippen LogP contribution in [0, 0.1) is 5.92 Å². The highest BCUT2D eigenvalue weighted by Crippen LogP contribution is 2.39. The van der Waals surface area contributed by atoms with E-state index in [1.807, 2.05) is 6.07 Å². The molecule has 0 aromatic carbocycles. The number of hydrogen-bond donors (Lipinski definition) is 2. The van der Waals surface area contributed by atoms with Gasteiger partial charge >= 0.3 is 5.97 Å². The molecular weight excluding hydrogens is 266 g/mol. The van der Waals surface area contributed by atoms with E-state index in [0.29, 0.717) is 17.5 Å². The summed E-state index contributed by atoms with van der Waals surface area (Å²) >= 11 is 0. The number of nitrogens with zero attached hydrogens (tertiary/aromatic N) is 2. The Hall–Kier alpha value is -1.88. The van der Waals surface area contributed by atoms with E-state index in [1.54, 1.807) is 12.3 Å². The molecule has 0 aliphatic heterocycles. The van der Waals surface area contributed by atoms with Crippen molar-refractivity contribution in [3.05, 3.63) is 29.6 Å². The van der Waals surface area contributed by atoms with Crippen molar-refractivity contribution in [1.82, 2.24) is 14.9 Å². The molecule has 1 unspecified atom stereocenters. The summed E-state index contributed by atoms with van der Waals surface area (Å²) in [6, 6.07) is 3.85. The summed E-state index contributed by atoms with van der Waals surface area (Å²) in [5, 5.41) is 9.29. The number of H-pyrrole nitrogens is 1. The molecule has 2 heterocycles. The van der Waals surface area contributed by atoms with Gasteiger partial charge in [0.2, 0.25) is 0 Å². The maximum Gasteiger partial charge on any atom is 0.337 e. The molecule has 2 aromatic heterocycles. The third-order valence-electron chi connectivity index (χ3n) is 4.49. The minimum atomic E-state index is -0.918. The fourth-order valence-corrected chi connectivity index (χ4v) is 3.61. The predicted molar refractivity (Wildman–Crippen MR) is 81.4 cm³/mol. The van der Waals surface area contributed by atoms with E-state index in [0.717, 1.165) is 11.2 Å². The van der Waals surface area contributed by atoms with Gasteiger partial charge in [0.05, 0.1) is 22.6 Å². The Morgan fingerprint density at radius 3 is 2.76 bits per heavy atom. The van der Waals surface area contributed by atoms with Crippen molar-refractivity contribution < 1.29 is 9.90 Å². The first kappa shape index (κ1) is 14.1. The van der Waals surface area contributed by atoms with Gasteiger partial charge in [0.1, 0.15) is 0 Å². The Kier molecular flexibility index (Phi) is 3.68. The fourth-order valence-electron chi connectivity index (χ4n) is 3.61. The first-order valence-corrected chi connectivity index (χ1v) is 7.45. The van der Waals surface area contributed by atoms with Crippen LogP contribution in [0.2, 0.25) is 0 Å². The van der Waals surface area contributed by atoms with Crippen LogP contribution in [0.4, 0.5) is 0 Å². The highest BCUT2D eigenvalue weighted by atomic mass is 16.4. The number of aromatic amines is 1. The molecule has 1 fully saturated rings. The summed E-state index contributed by atoms with van der Waals surface area (Å²) in [5.74, 6) is -0.292. The first-order chi connectivity index (χ1) is 10.1. The van der Waals surface area contributed by atoms with Gasteiger partial charge in [-0.05, 0) is 45.0 Å². The third kappa shape index (κ3) is 2.53. The molecule has 3 rings (SSSR count). The van der Waals surface area contributed by atoms with Crippen LogP contribution in [-0.4, -0.2) is 40.0 Å². The van der Waals surface area contributed by atoms with Crippen LogP contribution in [0.15, 0.2) is 18.3 Å². The summed E-state index contributed by atoms with van der Waals surface area (Å²) < 4.78 is 0. The predicted octanol–water partition coefficient (Wildman–Crippen LogP) is 3.05. The number of carboxylic acid groups (broad SMARTS) is 1. The van der Waals surface area contributed by atoms with E-state index in [-0.39, 0.29) is 5.56 Å². The molecule has 5 nitrogen and oxygen atoms in total. The molecule has 1 saturated carbocycles. The number of fused-ring (bicyclic) bond motifs is 1. The molecule has 1 aliphatic carbocycles. The van der Waals surface area contributed by atoms with Crippen LogP contribution in [-0.2, 0) is 0 Å². The van der Waals surface area contributed by atoms with Crippen molar-refractivity contribution in [1.29, 1.82) is 0 Å². The molecule has 0 bridgehead atoms. The van der Waals surface area contributed by atoms with Crippen LogP contribution >= 0.6 is 0 Å². The number of hydrogen-bond acceptors (Lipinski definition) is 3. The minimum absolute atomic E-state index is 0.287. The smallest absolute Gasteiger partial charge is 0.337 e. The summed E-state index contributed by atoms with van der Waals surface area (Å²) in [7, 11) is 4.17. The van der Waals surface area contributed by atoms with Gasteiger partial charge in [0.15, 0.2) is 0 Å². The number of pyridine rings is 1. The highest BCUT2D eigenvalue weighted by Gasteiger charge is 2.29. The lowest BCUT2D eigenvalue weighted by atomic mass is 9.94. The molecule has 112 valence electrons. The van der Waals surface area contributed by atoms with Crippen LogP contribution in [0.25, 0.3) is 11.0 Å². The van der Waals surface area contributed by atoms with Gasteiger partial charge in [-0.25, -0.2) is 4.79 Å². The van der Waals surface area contributed by atoms with Crippen molar-refractivity contribution in [2.45, 2.75) is 31.7 Å². The first-order valence-electron chi connectivity index (χ1n) is 7.45. The maximum atomic E-state index is 11.3. The van der Waals surface area contributed by atoms with Crippen molar-refractivity contribution in [2.24, 2.45) is 5.92 Å². The maximum absolute atomic E-state index is 11.3. The van der Waals surface area contributed by atoms with Crippen molar-refractivity contribution in [3.8, 4) is 0 Å². The van der Waals surface area contributed by atoms with Crippen LogP contribution < -0.4 is 0 Å². The molecule has 5 heteroatoms. The second-order valence-corrected chi connectivity index (χ2v) is 6.10. The van der Waals surface area contributed by atoms with Gasteiger partial charge in [0, 0.05) is 11.9 Å². The Morgan fingerprint density at radius 2 is 2.14 bits per heavy atom. The van der Waals surface area contributed by atoms with Gasteiger partial charge in [-0.3, -0.25) is 4.98 Å². The monoisotopic (exact) mass is 287 g/mol. The molecule has 0 radical (unpaired) electrons. The quantitative estimate of drug-likeness (QED) is 0.906. The number of aromatic nitrogens is 2. The summed E-state index contributed by atoms with van der Waals surface area (Å²) in [4.78, 5) is 21.2. The standard InChI is InChI=1S/C16H21N3O2/c1-19(2)15(10-5-3-4-6-10)13-9-12-14(18-13)11(16(20)21)7-8-17-12/h7-10,15,18H,3-6H2,1-2H3,(H,20,21). The van der Waals surface area contributed by atoms with E-state index in [9.17, 15) is 9.90 Å². The molecule has 21 heavy (non-hydrogen) atoms. The van der Waals surface area contributed by atoms with Gasteiger partial charge < -0.3 is 15.0 Å². The normalized spacial score (nSPS) is 17.7. The Bertz CT molecular complexity index is 657. The summed E-state index contributed by atoms with van der Waals surface area (Å²) in [6.45, 7) is 0. The van der Waals surface area contributed by atoms with E-state index in [1.165, 1.54) is 25.7 Å². The third-order valence-corrected chi connectivity index (χ3v) is 4.49. The lowest BCUT2D eigenvalue weighted by Crippen LogP contribution is -2.26. The second kappa shape index (κ2) is 5.48. The Morgan fingerprint density at radius 1 is 1.43 bits per heavy atom. The molecule has 1 aliphatic rings. The highest BCUT2D eigenvalue weighted by molar-refractivity contribution is 6.00. The van der Waals surface area contributed by atoms with Crippen molar-refractivity contribution in [2.75, 3.05) is 14.1 Å². The molecule has 0 amide bonds. The van der Waals surface area contributed by atoms with Crippen LogP contribution in [0.1, 0.15) is 47.8 Å². The SMILES string of the molecule is CN(C)C(c1cc2nccc(C(=O)O)c2[nH]1)C1CCCC1. The zero-order valence-electron chi connectivity index (χ0n) is 12.5. The van der Waals surface area contributed by atoms with Gasteiger partial charge in [-0.1, -0.05) is 12.8 Å².